The summed E-state index contributed by atoms with van der Waals surface area (Å²) in [6.07, 6.45) is 7.58. The van der Waals surface area contributed by atoms with E-state index in [1.165, 1.54) is 49.9 Å². The predicted molar refractivity (Wildman–Crippen MR) is 93.9 cm³/mol. The highest BCUT2D eigenvalue weighted by molar-refractivity contribution is 5.51. The van der Waals surface area contributed by atoms with Gasteiger partial charge in [0.15, 0.2) is 11.5 Å². The molecule has 0 aromatic heterocycles. The van der Waals surface area contributed by atoms with Crippen LogP contribution in [0.5, 0.6) is 11.5 Å². The molecule has 0 N–H and O–H groups in total. The third-order valence-electron chi connectivity index (χ3n) is 6.65. The van der Waals surface area contributed by atoms with Crippen molar-refractivity contribution in [2.45, 2.75) is 50.2 Å². The fourth-order valence-electron chi connectivity index (χ4n) is 5.53. The minimum absolute atomic E-state index is 0.129. The van der Waals surface area contributed by atoms with Crippen LogP contribution in [0.15, 0.2) is 12.1 Å². The van der Waals surface area contributed by atoms with Crippen LogP contribution in [-0.2, 0) is 16.7 Å². The quantitative estimate of drug-likeness (QED) is 0.850. The summed E-state index contributed by atoms with van der Waals surface area (Å²) in [7, 11) is 5.33. The second kappa shape index (κ2) is 6.23. The Morgan fingerprint density at radius 2 is 1.79 bits per heavy atom. The number of fused-ring (bicyclic) bond motifs is 1. The van der Waals surface area contributed by atoms with Crippen molar-refractivity contribution in [1.82, 2.24) is 4.90 Å². The molecule has 1 aliphatic carbocycles. The van der Waals surface area contributed by atoms with Crippen LogP contribution in [0.1, 0.15) is 43.2 Å². The lowest BCUT2D eigenvalue weighted by Crippen LogP contribution is -2.50. The summed E-state index contributed by atoms with van der Waals surface area (Å²) in [6.45, 7) is 2.40. The van der Waals surface area contributed by atoms with Crippen LogP contribution >= 0.6 is 0 Å². The van der Waals surface area contributed by atoms with Crippen molar-refractivity contribution in [3.63, 3.8) is 0 Å². The summed E-state index contributed by atoms with van der Waals surface area (Å²) < 4.78 is 17.0. The topological polar surface area (TPSA) is 30.9 Å². The summed E-state index contributed by atoms with van der Waals surface area (Å²) in [5.74, 6) is 2.45. The molecule has 1 aromatic carbocycles. The number of hydrogen-bond acceptors (Lipinski definition) is 4. The van der Waals surface area contributed by atoms with Gasteiger partial charge in [0.1, 0.15) is 0 Å². The van der Waals surface area contributed by atoms with E-state index in [0.717, 1.165) is 30.3 Å². The Morgan fingerprint density at radius 3 is 2.54 bits per heavy atom. The van der Waals surface area contributed by atoms with Gasteiger partial charge in [0.2, 0.25) is 0 Å². The zero-order chi connectivity index (χ0) is 16.7. The molecule has 3 atom stereocenters. The Kier molecular flexibility index (Phi) is 4.21. The maximum Gasteiger partial charge on any atom is 0.161 e. The zero-order valence-corrected chi connectivity index (χ0v) is 15.1. The highest BCUT2D eigenvalue weighted by atomic mass is 16.5. The fraction of sp³-hybridized carbons (Fsp3) is 0.700. The van der Waals surface area contributed by atoms with Gasteiger partial charge in [-0.05, 0) is 80.8 Å². The third kappa shape index (κ3) is 2.26. The van der Waals surface area contributed by atoms with E-state index in [1.54, 1.807) is 14.2 Å². The van der Waals surface area contributed by atoms with E-state index in [-0.39, 0.29) is 5.54 Å². The number of ether oxygens (including phenoxy) is 3. The van der Waals surface area contributed by atoms with Crippen LogP contribution in [0.4, 0.5) is 0 Å². The number of methoxy groups -OCH3 is 3. The first-order valence-corrected chi connectivity index (χ1v) is 9.26. The van der Waals surface area contributed by atoms with Crippen LogP contribution < -0.4 is 9.47 Å². The Bertz CT molecular complexity index is 617. The predicted octanol–water partition coefficient (Wildman–Crippen LogP) is 3.37. The molecule has 24 heavy (non-hydrogen) atoms. The molecule has 3 aliphatic rings. The van der Waals surface area contributed by atoms with Gasteiger partial charge in [-0.2, -0.15) is 0 Å². The van der Waals surface area contributed by atoms with Crippen molar-refractivity contribution >= 4 is 0 Å². The molecule has 1 saturated carbocycles. The molecule has 2 aliphatic heterocycles. The summed E-state index contributed by atoms with van der Waals surface area (Å²) in [5.41, 5.74) is 3.05. The lowest BCUT2D eigenvalue weighted by Gasteiger charge is -2.48. The van der Waals surface area contributed by atoms with Gasteiger partial charge in [-0.3, -0.25) is 4.90 Å². The van der Waals surface area contributed by atoms with Crippen LogP contribution in [-0.4, -0.2) is 45.4 Å². The molecule has 0 radical (unpaired) electrons. The van der Waals surface area contributed by atoms with Gasteiger partial charge in [0.05, 0.1) is 25.9 Å². The molecular weight excluding hydrogens is 302 g/mol. The van der Waals surface area contributed by atoms with Crippen LogP contribution in [0.2, 0.25) is 0 Å². The van der Waals surface area contributed by atoms with Gasteiger partial charge in [-0.1, -0.05) is 0 Å². The molecule has 2 heterocycles. The molecule has 4 heteroatoms. The number of benzene rings is 1. The summed E-state index contributed by atoms with van der Waals surface area (Å²) >= 11 is 0. The molecule has 1 saturated heterocycles. The summed E-state index contributed by atoms with van der Waals surface area (Å²) in [6, 6.07) is 4.49. The first-order valence-electron chi connectivity index (χ1n) is 9.26. The molecule has 132 valence electrons. The highest BCUT2D eigenvalue weighted by Gasteiger charge is 2.54. The highest BCUT2D eigenvalue weighted by Crippen LogP contribution is 2.55. The van der Waals surface area contributed by atoms with Crippen molar-refractivity contribution in [1.29, 1.82) is 0 Å². The van der Waals surface area contributed by atoms with E-state index < -0.39 is 0 Å². The Labute approximate surface area is 145 Å². The minimum Gasteiger partial charge on any atom is -0.493 e. The third-order valence-corrected chi connectivity index (χ3v) is 6.65. The standard InChI is InChI=1S/C20H29NO3/c1-22-16-7-6-15-8-10-21-9-4-5-14-11-18(23-2)19(24-3)12-17(14)20(15,21)13-16/h11-12,15-16H,4-10,13H2,1-3H3/t15-,16+,20-/m0/s1. The van der Waals surface area contributed by atoms with Gasteiger partial charge in [0.25, 0.3) is 0 Å². The van der Waals surface area contributed by atoms with E-state index in [0.29, 0.717) is 6.10 Å². The fourth-order valence-corrected chi connectivity index (χ4v) is 5.53. The van der Waals surface area contributed by atoms with Gasteiger partial charge in [0, 0.05) is 7.11 Å². The smallest absolute Gasteiger partial charge is 0.161 e. The van der Waals surface area contributed by atoms with Crippen molar-refractivity contribution in [3.8, 4) is 11.5 Å². The van der Waals surface area contributed by atoms with Crippen LogP contribution in [0.25, 0.3) is 0 Å². The van der Waals surface area contributed by atoms with Gasteiger partial charge < -0.3 is 14.2 Å². The number of aryl methyl sites for hydroxylation is 1. The minimum atomic E-state index is 0.129. The van der Waals surface area contributed by atoms with Gasteiger partial charge in [-0.15, -0.1) is 0 Å². The van der Waals surface area contributed by atoms with Gasteiger partial charge >= 0.3 is 0 Å². The van der Waals surface area contributed by atoms with Gasteiger partial charge in [-0.25, -0.2) is 0 Å². The number of nitrogens with zero attached hydrogens (tertiary/aromatic N) is 1. The molecule has 1 aromatic rings. The SMILES string of the molecule is COc1cc2c(cc1OC)[C@]13C[C@H](OC)CC[C@H]1CCN3CCC2. The van der Waals surface area contributed by atoms with E-state index in [9.17, 15) is 0 Å². The molecule has 4 rings (SSSR count). The van der Waals surface area contributed by atoms with Crippen molar-refractivity contribution in [2.24, 2.45) is 5.92 Å². The normalized spacial score (nSPS) is 32.5. The molecule has 2 fully saturated rings. The molecule has 4 nitrogen and oxygen atoms in total. The van der Waals surface area contributed by atoms with E-state index in [1.807, 2.05) is 7.11 Å². The second-order valence-corrected chi connectivity index (χ2v) is 7.50. The summed E-state index contributed by atoms with van der Waals surface area (Å²) in [4.78, 5) is 2.75. The van der Waals surface area contributed by atoms with E-state index in [4.69, 9.17) is 14.2 Å². The molecular formula is C20H29NO3. The van der Waals surface area contributed by atoms with E-state index in [2.05, 4.69) is 17.0 Å². The molecule has 0 bridgehead atoms. The Morgan fingerprint density at radius 1 is 1.00 bits per heavy atom. The molecule has 0 unspecified atom stereocenters. The van der Waals surface area contributed by atoms with Crippen molar-refractivity contribution < 1.29 is 14.2 Å². The average Bonchev–Trinajstić information content (AvgIpc) is 2.92. The second-order valence-electron chi connectivity index (χ2n) is 7.50. The maximum absolute atomic E-state index is 5.82. The monoisotopic (exact) mass is 331 g/mol. The Balaban J connectivity index is 1.88. The number of hydrogen-bond donors (Lipinski definition) is 0. The largest absolute Gasteiger partial charge is 0.493 e. The van der Waals surface area contributed by atoms with Crippen LogP contribution in [0.3, 0.4) is 0 Å². The molecule has 0 amide bonds. The Hall–Kier alpha value is -1.26. The summed E-state index contributed by atoms with van der Waals surface area (Å²) in [5, 5.41) is 0. The van der Waals surface area contributed by atoms with E-state index >= 15 is 0 Å². The first-order chi connectivity index (χ1) is 11.7. The lowest BCUT2D eigenvalue weighted by molar-refractivity contribution is -0.0281. The van der Waals surface area contributed by atoms with Crippen LogP contribution in [0, 0.1) is 5.92 Å². The number of rotatable bonds is 3. The molecule has 1 spiro atoms. The van der Waals surface area contributed by atoms with Crippen molar-refractivity contribution in [3.05, 3.63) is 23.3 Å². The zero-order valence-electron chi connectivity index (χ0n) is 15.1. The first kappa shape index (κ1) is 16.2. The average molecular weight is 331 g/mol. The van der Waals surface area contributed by atoms with Crippen molar-refractivity contribution in [2.75, 3.05) is 34.4 Å². The maximum atomic E-state index is 5.82. The lowest BCUT2D eigenvalue weighted by atomic mass is 9.67.